The average molecular weight is 309 g/mol. The summed E-state index contributed by atoms with van der Waals surface area (Å²) < 4.78 is 57.5. The molecule has 0 saturated heterocycles. The molecule has 0 spiro atoms. The van der Waals surface area contributed by atoms with Crippen molar-refractivity contribution in [3.8, 4) is 5.75 Å². The van der Waals surface area contributed by atoms with Crippen LogP contribution in [0.3, 0.4) is 0 Å². The molecule has 0 aliphatic carbocycles. The largest absolute Gasteiger partial charge is 0.485 e. The van der Waals surface area contributed by atoms with Crippen molar-refractivity contribution in [3.63, 3.8) is 0 Å². The number of carbonyl (C=O) groups is 1. The molecule has 1 aromatic carbocycles. The molecule has 0 radical (unpaired) electrons. The molecule has 2 N–H and O–H groups in total. The molecule has 4 nitrogen and oxygen atoms in total. The number of carboxylic acid groups (broad SMARTS) is 1. The van der Waals surface area contributed by atoms with E-state index in [0.29, 0.717) is 0 Å². The van der Waals surface area contributed by atoms with Crippen molar-refractivity contribution in [3.05, 3.63) is 29.3 Å². The minimum atomic E-state index is -1.72. The molecular formula is C13H15F4NO3. The van der Waals surface area contributed by atoms with E-state index in [1.807, 2.05) is 0 Å². The first-order valence-corrected chi connectivity index (χ1v) is 6.05. The second kappa shape index (κ2) is 6.30. The molecule has 0 amide bonds. The quantitative estimate of drug-likeness (QED) is 0.626. The lowest BCUT2D eigenvalue weighted by molar-refractivity contribution is -0.145. The minimum Gasteiger partial charge on any atom is -0.485 e. The second-order valence-electron chi connectivity index (χ2n) is 5.02. The van der Waals surface area contributed by atoms with Crippen molar-refractivity contribution in [2.45, 2.75) is 32.4 Å². The van der Waals surface area contributed by atoms with Gasteiger partial charge in [0.05, 0.1) is 0 Å². The third-order valence-corrected chi connectivity index (χ3v) is 2.66. The van der Waals surface area contributed by atoms with Gasteiger partial charge < -0.3 is 9.84 Å². The van der Waals surface area contributed by atoms with Crippen molar-refractivity contribution in [1.29, 1.82) is 0 Å². The predicted octanol–water partition coefficient (Wildman–Crippen LogP) is 2.46. The van der Waals surface area contributed by atoms with Crippen LogP contribution in [0.2, 0.25) is 0 Å². The van der Waals surface area contributed by atoms with Crippen LogP contribution in [-0.2, 0) is 4.79 Å². The Kier molecular flexibility index (Phi) is 5.16. The Morgan fingerprint density at radius 1 is 1.29 bits per heavy atom. The molecule has 1 rings (SSSR count). The number of benzene rings is 1. The van der Waals surface area contributed by atoms with Gasteiger partial charge >= 0.3 is 5.97 Å². The second-order valence-corrected chi connectivity index (χ2v) is 5.02. The van der Waals surface area contributed by atoms with E-state index in [2.05, 4.69) is 10.1 Å². The maximum Gasteiger partial charge on any atom is 0.327 e. The number of rotatable bonds is 6. The van der Waals surface area contributed by atoms with Gasteiger partial charge in [-0.2, -0.15) is 8.78 Å². The summed E-state index contributed by atoms with van der Waals surface area (Å²) in [5.41, 5.74) is -1.68. The van der Waals surface area contributed by atoms with Gasteiger partial charge in [-0.3, -0.25) is 10.1 Å². The van der Waals surface area contributed by atoms with E-state index in [1.165, 1.54) is 6.92 Å². The summed E-state index contributed by atoms with van der Waals surface area (Å²) in [6.45, 7) is 3.81. The molecule has 0 aliphatic rings. The molecule has 0 fully saturated rings. The Hall–Kier alpha value is -1.83. The molecule has 0 heterocycles. The Bertz CT molecular complexity index is 524. The van der Waals surface area contributed by atoms with Gasteiger partial charge in [0.15, 0.2) is 17.4 Å². The van der Waals surface area contributed by atoms with Crippen LogP contribution in [0.25, 0.3) is 0 Å². The van der Waals surface area contributed by atoms with Crippen LogP contribution in [0.1, 0.15) is 20.8 Å². The summed E-state index contributed by atoms with van der Waals surface area (Å²) in [6.07, 6.45) is 0. The van der Waals surface area contributed by atoms with Gasteiger partial charge in [0, 0.05) is 12.1 Å². The molecule has 0 aliphatic heterocycles. The van der Waals surface area contributed by atoms with Crippen molar-refractivity contribution in [1.82, 2.24) is 5.32 Å². The summed E-state index contributed by atoms with van der Waals surface area (Å²) in [5.74, 6) is -9.31. The maximum absolute atomic E-state index is 13.4. The van der Waals surface area contributed by atoms with Gasteiger partial charge in [0.2, 0.25) is 11.6 Å². The number of nitrogens with one attached hydrogen (secondary N) is 1. The summed E-state index contributed by atoms with van der Waals surface area (Å²) in [7, 11) is 0. The number of hydrogen-bond donors (Lipinski definition) is 2. The molecule has 1 unspecified atom stereocenters. The van der Waals surface area contributed by atoms with E-state index in [4.69, 9.17) is 5.11 Å². The van der Waals surface area contributed by atoms with Crippen LogP contribution in [0, 0.1) is 23.3 Å². The zero-order valence-corrected chi connectivity index (χ0v) is 11.6. The van der Waals surface area contributed by atoms with E-state index in [1.54, 1.807) is 13.8 Å². The van der Waals surface area contributed by atoms with Crippen LogP contribution in [0.4, 0.5) is 17.6 Å². The molecule has 8 heteroatoms. The van der Waals surface area contributed by atoms with Crippen molar-refractivity contribution >= 4 is 5.97 Å². The fraction of sp³-hybridized carbons (Fsp3) is 0.462. The molecule has 0 bridgehead atoms. The van der Waals surface area contributed by atoms with Crippen molar-refractivity contribution in [2.24, 2.45) is 0 Å². The fourth-order valence-electron chi connectivity index (χ4n) is 1.70. The summed E-state index contributed by atoms with van der Waals surface area (Å²) in [4.78, 5) is 11.2. The molecule has 0 aromatic heterocycles. The number of aliphatic carboxylic acids is 1. The zero-order valence-electron chi connectivity index (χ0n) is 11.6. The van der Waals surface area contributed by atoms with Gasteiger partial charge in [-0.15, -0.1) is 0 Å². The SMILES string of the molecule is CC(C)NC(C)(COc1c(F)c(F)cc(F)c1F)C(=O)O. The zero-order chi connectivity index (χ0) is 16.4. The van der Waals surface area contributed by atoms with Crippen LogP contribution in [0.5, 0.6) is 5.75 Å². The molecule has 1 atom stereocenters. The lowest BCUT2D eigenvalue weighted by Gasteiger charge is -2.28. The van der Waals surface area contributed by atoms with Gasteiger partial charge in [-0.1, -0.05) is 0 Å². The number of ether oxygens (including phenoxy) is 1. The topological polar surface area (TPSA) is 58.6 Å². The summed E-state index contributed by atoms with van der Waals surface area (Å²) >= 11 is 0. The van der Waals surface area contributed by atoms with Gasteiger partial charge in [0.25, 0.3) is 0 Å². The maximum atomic E-state index is 13.4. The molecule has 21 heavy (non-hydrogen) atoms. The monoisotopic (exact) mass is 309 g/mol. The Labute approximate surface area is 118 Å². The lowest BCUT2D eigenvalue weighted by atomic mass is 10.0. The molecule has 118 valence electrons. The van der Waals surface area contributed by atoms with Crippen LogP contribution >= 0.6 is 0 Å². The highest BCUT2D eigenvalue weighted by Crippen LogP contribution is 2.27. The normalized spacial score (nSPS) is 14.1. The highest BCUT2D eigenvalue weighted by molar-refractivity contribution is 5.78. The van der Waals surface area contributed by atoms with Crippen LogP contribution in [-0.4, -0.2) is 29.3 Å². The highest BCUT2D eigenvalue weighted by Gasteiger charge is 2.35. The predicted molar refractivity (Wildman–Crippen MR) is 66.1 cm³/mol. The minimum absolute atomic E-state index is 0.0420. The van der Waals surface area contributed by atoms with E-state index in [0.717, 1.165) is 0 Å². The Morgan fingerprint density at radius 3 is 2.14 bits per heavy atom. The number of hydrogen-bond acceptors (Lipinski definition) is 3. The summed E-state index contributed by atoms with van der Waals surface area (Å²) in [6, 6.07) is -0.228. The first kappa shape index (κ1) is 17.2. The van der Waals surface area contributed by atoms with E-state index < -0.39 is 47.1 Å². The van der Waals surface area contributed by atoms with Gasteiger partial charge in [-0.05, 0) is 20.8 Å². The van der Waals surface area contributed by atoms with Crippen LogP contribution in [0.15, 0.2) is 6.07 Å². The first-order valence-electron chi connectivity index (χ1n) is 6.05. The van der Waals surface area contributed by atoms with Crippen molar-refractivity contribution < 1.29 is 32.2 Å². The fourth-order valence-corrected chi connectivity index (χ4v) is 1.70. The third-order valence-electron chi connectivity index (χ3n) is 2.66. The number of halogens is 4. The van der Waals surface area contributed by atoms with Crippen molar-refractivity contribution in [2.75, 3.05) is 6.61 Å². The van der Waals surface area contributed by atoms with Crippen LogP contribution < -0.4 is 10.1 Å². The standard InChI is InChI=1S/C13H15F4NO3/c1-6(2)18-13(3,12(19)20)5-21-11-9(16)7(14)4-8(15)10(11)17/h4,6,18H,5H2,1-3H3,(H,19,20). The Morgan fingerprint density at radius 2 is 1.76 bits per heavy atom. The van der Waals surface area contributed by atoms with E-state index in [9.17, 15) is 22.4 Å². The summed E-state index contributed by atoms with van der Waals surface area (Å²) in [5, 5.41) is 11.8. The van der Waals surface area contributed by atoms with E-state index in [-0.39, 0.29) is 12.1 Å². The highest BCUT2D eigenvalue weighted by atomic mass is 19.2. The van der Waals surface area contributed by atoms with E-state index >= 15 is 0 Å². The number of carboxylic acids is 1. The van der Waals surface area contributed by atoms with Gasteiger partial charge in [-0.25, -0.2) is 8.78 Å². The average Bonchev–Trinajstić information content (AvgIpc) is 2.35. The molecular weight excluding hydrogens is 294 g/mol. The molecule has 1 aromatic rings. The molecule has 0 saturated carbocycles. The third kappa shape index (κ3) is 3.84. The van der Waals surface area contributed by atoms with Gasteiger partial charge in [0.1, 0.15) is 12.1 Å². The first-order chi connectivity index (χ1) is 9.58. The Balaban J connectivity index is 3.04. The smallest absolute Gasteiger partial charge is 0.327 e. The lowest BCUT2D eigenvalue weighted by Crippen LogP contribution is -2.56.